The maximum Gasteiger partial charge on any atom is 0.573 e. The van der Waals surface area contributed by atoms with Gasteiger partial charge >= 0.3 is 6.36 Å². The number of fused-ring (bicyclic) bond motifs is 1. The van der Waals surface area contributed by atoms with Gasteiger partial charge in [0.2, 0.25) is 5.95 Å². The molecule has 0 saturated heterocycles. The Bertz CT molecular complexity index is 1180. The van der Waals surface area contributed by atoms with Gasteiger partial charge in [0, 0.05) is 32.1 Å². The molecule has 0 aliphatic heterocycles. The van der Waals surface area contributed by atoms with Gasteiger partial charge in [0.25, 0.3) is 5.91 Å². The highest BCUT2D eigenvalue weighted by atomic mass is 19.4. The van der Waals surface area contributed by atoms with Gasteiger partial charge in [0.15, 0.2) is 0 Å². The summed E-state index contributed by atoms with van der Waals surface area (Å²) in [5, 5.41) is 7.20. The average molecular weight is 488 g/mol. The van der Waals surface area contributed by atoms with E-state index in [1.807, 2.05) is 43.3 Å². The molecular weight excluding hydrogens is 459 g/mol. The van der Waals surface area contributed by atoms with Crippen LogP contribution in [0, 0.1) is 5.92 Å². The van der Waals surface area contributed by atoms with Crippen molar-refractivity contribution in [1.82, 2.24) is 15.3 Å². The van der Waals surface area contributed by atoms with E-state index in [0.29, 0.717) is 12.5 Å². The SMILES string of the molecule is CN(C)c1nc(N[C@H]2CC[C@@H](CNC(=O)c3ccccc3OC(F)(F)F)CC2)nc2ccccc12. The van der Waals surface area contributed by atoms with E-state index in [4.69, 9.17) is 4.98 Å². The van der Waals surface area contributed by atoms with Crippen LogP contribution in [0.2, 0.25) is 0 Å². The lowest BCUT2D eigenvalue weighted by atomic mass is 9.86. The number of nitrogens with one attached hydrogen (secondary N) is 2. The number of anilines is 2. The van der Waals surface area contributed by atoms with E-state index in [1.54, 1.807) is 0 Å². The Morgan fingerprint density at radius 3 is 2.43 bits per heavy atom. The third-order valence-corrected chi connectivity index (χ3v) is 6.10. The zero-order valence-electron chi connectivity index (χ0n) is 19.6. The minimum absolute atomic E-state index is 0.134. The molecule has 2 aromatic carbocycles. The molecule has 0 atom stereocenters. The molecule has 0 spiro atoms. The summed E-state index contributed by atoms with van der Waals surface area (Å²) in [7, 11) is 3.90. The number of carbonyl (C=O) groups excluding carboxylic acids is 1. The predicted molar refractivity (Wildman–Crippen MR) is 129 cm³/mol. The summed E-state index contributed by atoms with van der Waals surface area (Å²) in [6.45, 7) is 0.392. The predicted octanol–water partition coefficient (Wildman–Crippen LogP) is 5.00. The highest BCUT2D eigenvalue weighted by molar-refractivity contribution is 5.96. The average Bonchev–Trinajstić information content (AvgIpc) is 2.82. The number of halogens is 3. The van der Waals surface area contributed by atoms with E-state index in [0.717, 1.165) is 48.5 Å². The largest absolute Gasteiger partial charge is 0.573 e. The van der Waals surface area contributed by atoms with Gasteiger partial charge in [-0.25, -0.2) is 4.98 Å². The zero-order valence-corrected chi connectivity index (χ0v) is 19.6. The molecule has 1 heterocycles. The summed E-state index contributed by atoms with van der Waals surface area (Å²) in [6.07, 6.45) is -1.37. The number of nitrogens with zero attached hydrogens (tertiary/aromatic N) is 3. The van der Waals surface area contributed by atoms with E-state index >= 15 is 0 Å². The monoisotopic (exact) mass is 487 g/mol. The lowest BCUT2D eigenvalue weighted by molar-refractivity contribution is -0.274. The van der Waals surface area contributed by atoms with Crippen LogP contribution in [0.3, 0.4) is 0 Å². The van der Waals surface area contributed by atoms with Crippen LogP contribution in [-0.4, -0.2) is 48.9 Å². The molecule has 1 aliphatic carbocycles. The van der Waals surface area contributed by atoms with Gasteiger partial charge < -0.3 is 20.3 Å². The number of ether oxygens (including phenoxy) is 1. The number of amides is 1. The van der Waals surface area contributed by atoms with Crippen LogP contribution in [0.4, 0.5) is 24.9 Å². The Labute approximate surface area is 201 Å². The number of rotatable bonds is 7. The van der Waals surface area contributed by atoms with Gasteiger partial charge in [-0.3, -0.25) is 4.79 Å². The molecule has 10 heteroatoms. The fraction of sp³-hybridized carbons (Fsp3) is 0.400. The van der Waals surface area contributed by atoms with Crippen molar-refractivity contribution >= 4 is 28.6 Å². The van der Waals surface area contributed by atoms with Crippen molar-refractivity contribution in [3.8, 4) is 5.75 Å². The van der Waals surface area contributed by atoms with Crippen LogP contribution in [-0.2, 0) is 0 Å². The molecular formula is C25H28F3N5O2. The zero-order chi connectivity index (χ0) is 25.0. The van der Waals surface area contributed by atoms with Crippen molar-refractivity contribution < 1.29 is 22.7 Å². The van der Waals surface area contributed by atoms with Gasteiger partial charge in [-0.15, -0.1) is 13.2 Å². The van der Waals surface area contributed by atoms with Crippen molar-refractivity contribution in [3.05, 3.63) is 54.1 Å². The maximum atomic E-state index is 12.6. The summed E-state index contributed by atoms with van der Waals surface area (Å²) < 4.78 is 41.8. The Kier molecular flexibility index (Phi) is 7.28. The quantitative estimate of drug-likeness (QED) is 0.489. The summed E-state index contributed by atoms with van der Waals surface area (Å²) in [5.41, 5.74) is 0.741. The second-order valence-electron chi connectivity index (χ2n) is 8.90. The Morgan fingerprint density at radius 2 is 1.71 bits per heavy atom. The first-order chi connectivity index (χ1) is 16.7. The van der Waals surface area contributed by atoms with Gasteiger partial charge in [-0.2, -0.15) is 4.98 Å². The molecule has 1 aliphatic rings. The summed E-state index contributed by atoms with van der Waals surface area (Å²) in [5.74, 6) is 0.598. The first-order valence-corrected chi connectivity index (χ1v) is 11.5. The van der Waals surface area contributed by atoms with Crippen LogP contribution >= 0.6 is 0 Å². The Balaban J connectivity index is 1.31. The van der Waals surface area contributed by atoms with Crippen LogP contribution in [0.25, 0.3) is 10.9 Å². The van der Waals surface area contributed by atoms with Crippen LogP contribution in [0.5, 0.6) is 5.75 Å². The molecule has 186 valence electrons. The summed E-state index contributed by atoms with van der Waals surface area (Å²) in [4.78, 5) is 23.8. The molecule has 0 bridgehead atoms. The van der Waals surface area contributed by atoms with Crippen molar-refractivity contribution in [2.45, 2.75) is 38.1 Å². The molecule has 3 aromatic rings. The van der Waals surface area contributed by atoms with Crippen LogP contribution < -0.4 is 20.3 Å². The fourth-order valence-electron chi connectivity index (χ4n) is 4.36. The number of benzene rings is 2. The third kappa shape index (κ3) is 6.32. The van der Waals surface area contributed by atoms with Gasteiger partial charge in [-0.05, 0) is 55.9 Å². The molecule has 1 fully saturated rings. The third-order valence-electron chi connectivity index (χ3n) is 6.10. The molecule has 1 aromatic heterocycles. The molecule has 0 radical (unpaired) electrons. The Hall–Kier alpha value is -3.56. The van der Waals surface area contributed by atoms with Crippen LogP contribution in [0.1, 0.15) is 36.0 Å². The van der Waals surface area contributed by atoms with Crippen molar-refractivity contribution in [3.63, 3.8) is 0 Å². The molecule has 7 nitrogen and oxygen atoms in total. The molecule has 2 N–H and O–H groups in total. The first kappa shape index (κ1) is 24.6. The fourth-order valence-corrected chi connectivity index (χ4v) is 4.36. The number of hydrogen-bond donors (Lipinski definition) is 2. The van der Waals surface area contributed by atoms with Gasteiger partial charge in [0.1, 0.15) is 11.6 Å². The van der Waals surface area contributed by atoms with E-state index in [1.165, 1.54) is 18.2 Å². The van der Waals surface area contributed by atoms with E-state index in [9.17, 15) is 18.0 Å². The topological polar surface area (TPSA) is 79.4 Å². The van der Waals surface area contributed by atoms with E-state index in [-0.39, 0.29) is 17.5 Å². The smallest absolute Gasteiger partial charge is 0.405 e. The number of alkyl halides is 3. The molecule has 4 rings (SSSR count). The standard InChI is InChI=1S/C25H28F3N5O2/c1-33(2)22-18-7-3-5-9-20(18)31-24(32-22)30-17-13-11-16(12-14-17)15-29-23(34)19-8-4-6-10-21(19)35-25(26,27)28/h3-10,16-17H,11-15H2,1-2H3,(H,29,34)(H,30,31,32)/t16-,17+. The lowest BCUT2D eigenvalue weighted by Gasteiger charge is -2.29. The van der Waals surface area contributed by atoms with E-state index < -0.39 is 18.0 Å². The van der Waals surface area contributed by atoms with Gasteiger partial charge in [0.05, 0.1) is 11.1 Å². The van der Waals surface area contributed by atoms with Gasteiger partial charge in [-0.1, -0.05) is 24.3 Å². The molecule has 1 amide bonds. The molecule has 0 unspecified atom stereocenters. The number of carbonyl (C=O) groups is 1. The second-order valence-corrected chi connectivity index (χ2v) is 8.90. The lowest BCUT2D eigenvalue weighted by Crippen LogP contribution is -2.34. The summed E-state index contributed by atoms with van der Waals surface area (Å²) >= 11 is 0. The van der Waals surface area contributed by atoms with Crippen LogP contribution in [0.15, 0.2) is 48.5 Å². The first-order valence-electron chi connectivity index (χ1n) is 11.5. The second kappa shape index (κ2) is 10.4. The van der Waals surface area contributed by atoms with E-state index in [2.05, 4.69) is 20.4 Å². The minimum atomic E-state index is -4.86. The maximum absolute atomic E-state index is 12.6. The number of aromatic nitrogens is 2. The highest BCUT2D eigenvalue weighted by Crippen LogP contribution is 2.29. The Morgan fingerprint density at radius 1 is 1.03 bits per heavy atom. The van der Waals surface area contributed by atoms with Crippen molar-refractivity contribution in [1.29, 1.82) is 0 Å². The number of hydrogen-bond acceptors (Lipinski definition) is 6. The normalized spacial score (nSPS) is 18.2. The number of para-hydroxylation sites is 2. The minimum Gasteiger partial charge on any atom is -0.405 e. The highest BCUT2D eigenvalue weighted by Gasteiger charge is 2.33. The summed E-state index contributed by atoms with van der Waals surface area (Å²) in [6, 6.07) is 13.4. The molecule has 35 heavy (non-hydrogen) atoms. The van der Waals surface area contributed by atoms with Crippen molar-refractivity contribution in [2.24, 2.45) is 5.92 Å². The molecule has 1 saturated carbocycles. The van der Waals surface area contributed by atoms with Crippen molar-refractivity contribution in [2.75, 3.05) is 30.9 Å².